The van der Waals surface area contributed by atoms with Crippen molar-refractivity contribution in [2.75, 3.05) is 17.1 Å². The zero-order valence-electron chi connectivity index (χ0n) is 17.1. The van der Waals surface area contributed by atoms with Gasteiger partial charge in [-0.15, -0.1) is 0 Å². The van der Waals surface area contributed by atoms with Gasteiger partial charge in [-0.2, -0.15) is 5.10 Å². The van der Waals surface area contributed by atoms with Crippen molar-refractivity contribution in [3.63, 3.8) is 0 Å². The van der Waals surface area contributed by atoms with Gasteiger partial charge >= 0.3 is 0 Å². The number of amides is 1. The van der Waals surface area contributed by atoms with E-state index in [4.69, 9.17) is 4.74 Å². The average molecular weight is 449 g/mol. The number of benzene rings is 3. The topological polar surface area (TPSA) is 102 Å². The summed E-state index contributed by atoms with van der Waals surface area (Å²) in [4.78, 5) is 12.8. The number of nitrogens with zero attached hydrogens (tertiary/aromatic N) is 2. The molecular weight excluding hydrogens is 428 g/mol. The minimum Gasteiger partial charge on any atom is -0.497 e. The van der Waals surface area contributed by atoms with Crippen LogP contribution in [0.2, 0.25) is 0 Å². The fourth-order valence-electron chi connectivity index (χ4n) is 3.00. The van der Waals surface area contributed by atoms with Crippen LogP contribution in [0.5, 0.6) is 5.75 Å². The lowest BCUT2D eigenvalue weighted by molar-refractivity contribution is 0.102. The number of anilines is 2. The summed E-state index contributed by atoms with van der Waals surface area (Å²) in [6.07, 6.45) is 3.21. The molecule has 0 bridgehead atoms. The second-order valence-corrected chi connectivity index (χ2v) is 8.51. The number of hydrogen-bond donors (Lipinski definition) is 2. The number of nitrogens with one attached hydrogen (secondary N) is 2. The molecule has 1 aromatic heterocycles. The van der Waals surface area contributed by atoms with Gasteiger partial charge in [0, 0.05) is 11.3 Å². The van der Waals surface area contributed by atoms with E-state index in [-0.39, 0.29) is 16.5 Å². The molecule has 0 unspecified atom stereocenters. The lowest BCUT2D eigenvalue weighted by Gasteiger charge is -2.09. The molecule has 0 aliphatic carbocycles. The van der Waals surface area contributed by atoms with Gasteiger partial charge in [-0.3, -0.25) is 9.52 Å². The molecule has 0 radical (unpaired) electrons. The first-order valence-corrected chi connectivity index (χ1v) is 11.1. The summed E-state index contributed by atoms with van der Waals surface area (Å²) in [7, 11) is -2.16. The maximum absolute atomic E-state index is 12.7. The Morgan fingerprint density at radius 3 is 2.41 bits per heavy atom. The van der Waals surface area contributed by atoms with Crippen LogP contribution in [0, 0.1) is 0 Å². The average Bonchev–Trinajstić information content (AvgIpc) is 3.28. The highest BCUT2D eigenvalue weighted by molar-refractivity contribution is 7.92. The number of hydrogen-bond acceptors (Lipinski definition) is 5. The standard InChI is InChI=1S/C23H20N4O4S/c1-31-21-12-10-20(11-13-21)27-16-19(15-24-27)25-23(28)17-6-5-7-18(14-17)26-32(29,30)22-8-3-2-4-9-22/h2-16,26H,1H3,(H,25,28). The van der Waals surface area contributed by atoms with Crippen molar-refractivity contribution in [2.24, 2.45) is 0 Å². The largest absolute Gasteiger partial charge is 0.497 e. The van der Waals surface area contributed by atoms with Crippen molar-refractivity contribution in [3.8, 4) is 11.4 Å². The van der Waals surface area contributed by atoms with Crippen molar-refractivity contribution in [2.45, 2.75) is 4.90 Å². The summed E-state index contributed by atoms with van der Waals surface area (Å²) >= 11 is 0. The maximum atomic E-state index is 12.7. The van der Waals surface area contributed by atoms with Crippen molar-refractivity contribution < 1.29 is 17.9 Å². The molecule has 0 spiro atoms. The van der Waals surface area contributed by atoms with E-state index in [0.717, 1.165) is 11.4 Å². The van der Waals surface area contributed by atoms with Crippen molar-refractivity contribution in [1.82, 2.24) is 9.78 Å². The smallest absolute Gasteiger partial charge is 0.261 e. The third-order valence-corrected chi connectivity index (χ3v) is 6.01. The van der Waals surface area contributed by atoms with Gasteiger partial charge in [0.05, 0.1) is 35.8 Å². The molecule has 2 N–H and O–H groups in total. The Morgan fingerprint density at radius 1 is 0.938 bits per heavy atom. The van der Waals surface area contributed by atoms with Crippen LogP contribution in [-0.2, 0) is 10.0 Å². The van der Waals surface area contributed by atoms with E-state index in [1.807, 2.05) is 24.3 Å². The molecule has 0 saturated carbocycles. The van der Waals surface area contributed by atoms with Gasteiger partial charge in [-0.05, 0) is 54.6 Å². The summed E-state index contributed by atoms with van der Waals surface area (Å²) < 4.78 is 34.3. The summed E-state index contributed by atoms with van der Waals surface area (Å²) in [5, 5.41) is 7.03. The Morgan fingerprint density at radius 2 is 1.69 bits per heavy atom. The first kappa shape index (κ1) is 21.1. The highest BCUT2D eigenvalue weighted by atomic mass is 32.2. The fourth-order valence-corrected chi connectivity index (χ4v) is 4.07. The van der Waals surface area contributed by atoms with Gasteiger partial charge in [0.1, 0.15) is 5.75 Å². The Kier molecular flexibility index (Phi) is 5.91. The maximum Gasteiger partial charge on any atom is 0.261 e. The van der Waals surface area contributed by atoms with E-state index in [2.05, 4.69) is 15.1 Å². The van der Waals surface area contributed by atoms with Crippen LogP contribution >= 0.6 is 0 Å². The van der Waals surface area contributed by atoms with Crippen LogP contribution in [0.3, 0.4) is 0 Å². The zero-order chi connectivity index (χ0) is 22.6. The molecule has 0 fully saturated rings. The second kappa shape index (κ2) is 8.94. The molecule has 1 amide bonds. The highest BCUT2D eigenvalue weighted by Gasteiger charge is 2.15. The van der Waals surface area contributed by atoms with Crippen LogP contribution in [-0.4, -0.2) is 31.2 Å². The lowest BCUT2D eigenvalue weighted by Crippen LogP contribution is -2.15. The normalized spacial score (nSPS) is 11.0. The minimum atomic E-state index is -3.75. The van der Waals surface area contributed by atoms with Crippen molar-refractivity contribution >= 4 is 27.3 Å². The minimum absolute atomic E-state index is 0.140. The van der Waals surface area contributed by atoms with Gasteiger partial charge < -0.3 is 10.1 Å². The van der Waals surface area contributed by atoms with E-state index in [0.29, 0.717) is 11.3 Å². The molecule has 1 heterocycles. The third kappa shape index (κ3) is 4.79. The van der Waals surface area contributed by atoms with Crippen molar-refractivity contribution in [1.29, 1.82) is 0 Å². The van der Waals surface area contributed by atoms with E-state index in [1.54, 1.807) is 54.4 Å². The quantitative estimate of drug-likeness (QED) is 0.446. The molecule has 8 nitrogen and oxygen atoms in total. The predicted octanol–water partition coefficient (Wildman–Crippen LogP) is 3.93. The Labute approximate surface area is 185 Å². The number of methoxy groups -OCH3 is 1. The SMILES string of the molecule is COc1ccc(-n2cc(NC(=O)c3cccc(NS(=O)(=O)c4ccccc4)c3)cn2)cc1. The van der Waals surface area contributed by atoms with Gasteiger partial charge in [0.15, 0.2) is 0 Å². The molecule has 32 heavy (non-hydrogen) atoms. The first-order chi connectivity index (χ1) is 15.4. The number of sulfonamides is 1. The Balaban J connectivity index is 1.47. The molecule has 0 atom stereocenters. The Bertz CT molecular complexity index is 1330. The Hall–Kier alpha value is -4.11. The molecule has 0 aliphatic rings. The molecule has 3 aromatic carbocycles. The number of rotatable bonds is 7. The summed E-state index contributed by atoms with van der Waals surface area (Å²) in [6.45, 7) is 0. The third-order valence-electron chi connectivity index (χ3n) is 4.61. The first-order valence-electron chi connectivity index (χ1n) is 9.63. The zero-order valence-corrected chi connectivity index (χ0v) is 17.9. The van der Waals surface area contributed by atoms with Crippen LogP contribution in [0.1, 0.15) is 10.4 Å². The van der Waals surface area contributed by atoms with Crippen LogP contribution < -0.4 is 14.8 Å². The second-order valence-electron chi connectivity index (χ2n) is 6.83. The number of aromatic nitrogens is 2. The van der Waals surface area contributed by atoms with E-state index < -0.39 is 10.0 Å². The van der Waals surface area contributed by atoms with Gasteiger partial charge in [0.25, 0.3) is 15.9 Å². The van der Waals surface area contributed by atoms with Gasteiger partial charge in [-0.1, -0.05) is 24.3 Å². The number of ether oxygens (including phenoxy) is 1. The van der Waals surface area contributed by atoms with Crippen LogP contribution in [0.4, 0.5) is 11.4 Å². The van der Waals surface area contributed by atoms with E-state index in [9.17, 15) is 13.2 Å². The van der Waals surface area contributed by atoms with Gasteiger partial charge in [0.2, 0.25) is 0 Å². The van der Waals surface area contributed by atoms with E-state index in [1.165, 1.54) is 24.4 Å². The fraction of sp³-hybridized carbons (Fsp3) is 0.0435. The summed E-state index contributed by atoms with van der Waals surface area (Å²) in [5.41, 5.74) is 1.90. The lowest BCUT2D eigenvalue weighted by atomic mass is 10.2. The van der Waals surface area contributed by atoms with Crippen molar-refractivity contribution in [3.05, 3.63) is 96.8 Å². The molecule has 162 valence electrons. The van der Waals surface area contributed by atoms with Crippen LogP contribution in [0.25, 0.3) is 5.69 Å². The monoisotopic (exact) mass is 448 g/mol. The molecule has 4 aromatic rings. The molecule has 4 rings (SSSR count). The van der Waals surface area contributed by atoms with E-state index >= 15 is 0 Å². The van der Waals surface area contributed by atoms with Crippen LogP contribution in [0.15, 0.2) is 96.2 Å². The number of carbonyl (C=O) groups excluding carboxylic acids is 1. The summed E-state index contributed by atoms with van der Waals surface area (Å²) in [6, 6.07) is 21.6. The predicted molar refractivity (Wildman–Crippen MR) is 122 cm³/mol. The summed E-state index contributed by atoms with van der Waals surface area (Å²) in [5.74, 6) is 0.345. The van der Waals surface area contributed by atoms with Gasteiger partial charge in [-0.25, -0.2) is 13.1 Å². The molecular formula is C23H20N4O4S. The molecule has 0 saturated heterocycles. The number of carbonyl (C=O) groups is 1. The molecule has 9 heteroatoms. The highest BCUT2D eigenvalue weighted by Crippen LogP contribution is 2.19. The molecule has 0 aliphatic heterocycles.